The van der Waals surface area contributed by atoms with E-state index in [4.69, 9.17) is 0 Å². The molecule has 0 aromatic heterocycles. The molecule has 0 aliphatic heterocycles. The van der Waals surface area contributed by atoms with E-state index >= 15 is 0 Å². The van der Waals surface area contributed by atoms with E-state index in [2.05, 4.69) is 10.0 Å². The standard InChI is InChI=1S/C22H21N3O4S/c1-16(26)25(2)20-13-11-18(12-14-20)23-22(27)17-7-6-8-19(15-17)24-30(28,29)21-9-4-3-5-10-21/h3-15,24H,1-2H3,(H,23,27). The zero-order valence-corrected chi connectivity index (χ0v) is 17.3. The second-order valence-corrected chi connectivity index (χ2v) is 8.26. The maximum absolute atomic E-state index is 12.6. The smallest absolute Gasteiger partial charge is 0.261 e. The van der Waals surface area contributed by atoms with Crippen LogP contribution in [0.25, 0.3) is 0 Å². The Bertz CT molecular complexity index is 1160. The van der Waals surface area contributed by atoms with Crippen molar-refractivity contribution in [3.8, 4) is 0 Å². The van der Waals surface area contributed by atoms with Crippen molar-refractivity contribution >= 4 is 38.9 Å². The summed E-state index contributed by atoms with van der Waals surface area (Å²) in [5, 5.41) is 2.76. The first-order valence-electron chi connectivity index (χ1n) is 9.10. The monoisotopic (exact) mass is 423 g/mol. The van der Waals surface area contributed by atoms with Crippen molar-refractivity contribution in [2.45, 2.75) is 11.8 Å². The van der Waals surface area contributed by atoms with Gasteiger partial charge in [-0.2, -0.15) is 0 Å². The number of nitrogens with zero attached hydrogens (tertiary/aromatic N) is 1. The molecule has 30 heavy (non-hydrogen) atoms. The molecule has 7 nitrogen and oxygen atoms in total. The molecule has 2 N–H and O–H groups in total. The van der Waals surface area contributed by atoms with Crippen LogP contribution in [0.15, 0.2) is 83.8 Å². The van der Waals surface area contributed by atoms with E-state index in [1.807, 2.05) is 0 Å². The maximum Gasteiger partial charge on any atom is 0.261 e. The van der Waals surface area contributed by atoms with Gasteiger partial charge < -0.3 is 10.2 Å². The van der Waals surface area contributed by atoms with Gasteiger partial charge in [-0.25, -0.2) is 8.42 Å². The molecule has 0 aliphatic carbocycles. The van der Waals surface area contributed by atoms with Gasteiger partial charge in [0.25, 0.3) is 15.9 Å². The molecule has 3 rings (SSSR count). The Kier molecular flexibility index (Phi) is 6.17. The lowest BCUT2D eigenvalue weighted by Crippen LogP contribution is -2.22. The molecule has 0 fully saturated rings. The molecule has 0 unspecified atom stereocenters. The van der Waals surface area contributed by atoms with Gasteiger partial charge in [0, 0.05) is 36.6 Å². The van der Waals surface area contributed by atoms with Crippen molar-refractivity contribution in [3.05, 3.63) is 84.4 Å². The normalized spacial score (nSPS) is 10.9. The second-order valence-electron chi connectivity index (χ2n) is 6.58. The van der Waals surface area contributed by atoms with Gasteiger partial charge >= 0.3 is 0 Å². The van der Waals surface area contributed by atoms with E-state index in [-0.39, 0.29) is 22.4 Å². The lowest BCUT2D eigenvalue weighted by Gasteiger charge is -2.15. The summed E-state index contributed by atoms with van der Waals surface area (Å²) < 4.78 is 27.4. The molecule has 0 saturated carbocycles. The van der Waals surface area contributed by atoms with Crippen LogP contribution < -0.4 is 14.9 Å². The van der Waals surface area contributed by atoms with Crippen molar-refractivity contribution in [3.63, 3.8) is 0 Å². The van der Waals surface area contributed by atoms with Crippen LogP contribution >= 0.6 is 0 Å². The summed E-state index contributed by atoms with van der Waals surface area (Å²) in [6.07, 6.45) is 0. The predicted molar refractivity (Wildman–Crippen MR) is 117 cm³/mol. The zero-order valence-electron chi connectivity index (χ0n) is 16.5. The number of amides is 2. The minimum atomic E-state index is -3.75. The van der Waals surface area contributed by atoms with E-state index in [1.54, 1.807) is 67.7 Å². The Morgan fingerprint density at radius 2 is 1.50 bits per heavy atom. The van der Waals surface area contributed by atoms with Gasteiger partial charge in [0.1, 0.15) is 0 Å². The first-order chi connectivity index (χ1) is 14.3. The molecular weight excluding hydrogens is 402 g/mol. The number of carbonyl (C=O) groups is 2. The fourth-order valence-electron chi connectivity index (χ4n) is 2.69. The summed E-state index contributed by atoms with van der Waals surface area (Å²) in [6, 6.07) is 21.0. The Morgan fingerprint density at radius 3 is 2.13 bits per heavy atom. The van der Waals surface area contributed by atoms with Crippen LogP contribution in [0.3, 0.4) is 0 Å². The zero-order chi connectivity index (χ0) is 21.7. The maximum atomic E-state index is 12.6. The molecular formula is C22H21N3O4S. The minimum Gasteiger partial charge on any atom is -0.322 e. The van der Waals surface area contributed by atoms with E-state index in [0.717, 1.165) is 0 Å². The van der Waals surface area contributed by atoms with Crippen LogP contribution in [0, 0.1) is 0 Å². The van der Waals surface area contributed by atoms with Gasteiger partial charge in [-0.3, -0.25) is 14.3 Å². The van der Waals surface area contributed by atoms with Gasteiger partial charge in [-0.15, -0.1) is 0 Å². The molecule has 8 heteroatoms. The van der Waals surface area contributed by atoms with E-state index in [9.17, 15) is 18.0 Å². The largest absolute Gasteiger partial charge is 0.322 e. The first-order valence-corrected chi connectivity index (χ1v) is 10.6. The molecule has 0 saturated heterocycles. The molecule has 0 bridgehead atoms. The van der Waals surface area contributed by atoms with Gasteiger partial charge in [-0.1, -0.05) is 24.3 Å². The summed E-state index contributed by atoms with van der Waals surface area (Å²) in [5.74, 6) is -0.481. The van der Waals surface area contributed by atoms with Crippen molar-refractivity contribution < 1.29 is 18.0 Å². The van der Waals surface area contributed by atoms with Crippen LogP contribution in [0.4, 0.5) is 17.1 Å². The van der Waals surface area contributed by atoms with Crippen LogP contribution in [-0.4, -0.2) is 27.3 Å². The summed E-state index contributed by atoms with van der Waals surface area (Å²) in [6.45, 7) is 1.47. The van der Waals surface area contributed by atoms with Crippen LogP contribution in [-0.2, 0) is 14.8 Å². The fourth-order valence-corrected chi connectivity index (χ4v) is 3.76. The molecule has 2 amide bonds. The first kappa shape index (κ1) is 21.1. The third-order valence-electron chi connectivity index (χ3n) is 4.42. The third kappa shape index (κ3) is 5.03. The molecule has 0 atom stereocenters. The average molecular weight is 423 g/mol. The topological polar surface area (TPSA) is 95.6 Å². The number of sulfonamides is 1. The molecule has 0 spiro atoms. The lowest BCUT2D eigenvalue weighted by atomic mass is 10.2. The second kappa shape index (κ2) is 8.79. The number of rotatable bonds is 6. The summed E-state index contributed by atoms with van der Waals surface area (Å²) in [4.78, 5) is 25.6. The van der Waals surface area contributed by atoms with Crippen molar-refractivity contribution in [1.82, 2.24) is 0 Å². The van der Waals surface area contributed by atoms with Crippen molar-refractivity contribution in [2.24, 2.45) is 0 Å². The highest BCUT2D eigenvalue weighted by molar-refractivity contribution is 7.92. The molecule has 0 radical (unpaired) electrons. The average Bonchev–Trinajstić information content (AvgIpc) is 2.74. The van der Waals surface area contributed by atoms with Gasteiger partial charge in [-0.05, 0) is 54.6 Å². The number of hydrogen-bond donors (Lipinski definition) is 2. The summed E-state index contributed by atoms with van der Waals surface area (Å²) in [7, 11) is -2.08. The summed E-state index contributed by atoms with van der Waals surface area (Å²) in [5.41, 5.74) is 1.84. The highest BCUT2D eigenvalue weighted by Crippen LogP contribution is 2.20. The van der Waals surface area contributed by atoms with Gasteiger partial charge in [0.15, 0.2) is 0 Å². The van der Waals surface area contributed by atoms with E-state index in [1.165, 1.54) is 30.0 Å². The Balaban J connectivity index is 1.73. The predicted octanol–water partition coefficient (Wildman–Crippen LogP) is 3.72. The Labute approximate surface area is 175 Å². The molecule has 3 aromatic carbocycles. The third-order valence-corrected chi connectivity index (χ3v) is 5.81. The van der Waals surface area contributed by atoms with Gasteiger partial charge in [0.2, 0.25) is 5.91 Å². The number of carbonyl (C=O) groups excluding carboxylic acids is 2. The quantitative estimate of drug-likeness (QED) is 0.632. The molecule has 0 heterocycles. The van der Waals surface area contributed by atoms with Crippen LogP contribution in [0.2, 0.25) is 0 Å². The Morgan fingerprint density at radius 1 is 0.833 bits per heavy atom. The Hall–Kier alpha value is -3.65. The van der Waals surface area contributed by atoms with Crippen LogP contribution in [0.1, 0.15) is 17.3 Å². The van der Waals surface area contributed by atoms with Crippen LogP contribution in [0.5, 0.6) is 0 Å². The minimum absolute atomic E-state index is 0.0958. The summed E-state index contributed by atoms with van der Waals surface area (Å²) >= 11 is 0. The highest BCUT2D eigenvalue weighted by Gasteiger charge is 2.15. The number of hydrogen-bond acceptors (Lipinski definition) is 4. The number of nitrogens with one attached hydrogen (secondary N) is 2. The molecule has 3 aromatic rings. The molecule has 0 aliphatic rings. The fraction of sp³-hybridized carbons (Fsp3) is 0.0909. The SMILES string of the molecule is CC(=O)N(C)c1ccc(NC(=O)c2cccc(NS(=O)(=O)c3ccccc3)c2)cc1. The van der Waals surface area contributed by atoms with Crippen molar-refractivity contribution in [2.75, 3.05) is 22.0 Å². The molecule has 154 valence electrons. The lowest BCUT2D eigenvalue weighted by molar-refractivity contribution is -0.116. The number of anilines is 3. The van der Waals surface area contributed by atoms with E-state index in [0.29, 0.717) is 16.9 Å². The highest BCUT2D eigenvalue weighted by atomic mass is 32.2. The van der Waals surface area contributed by atoms with Crippen molar-refractivity contribution in [1.29, 1.82) is 0 Å². The van der Waals surface area contributed by atoms with E-state index < -0.39 is 10.0 Å². The number of benzene rings is 3. The van der Waals surface area contributed by atoms with Gasteiger partial charge in [0.05, 0.1) is 4.90 Å².